The molecule has 0 fully saturated rings. The lowest BCUT2D eigenvalue weighted by atomic mass is 10.1. The standard InChI is InChI=1S/C17H20N4O/c1-12-3-9-15(10-4-12)21-17(18)20-11-13-5-7-14(8-6-13)16(22)19-2/h3-10H,11H2,1-2H3,(H,19,22)(H3,18,20,21). The smallest absolute Gasteiger partial charge is 0.251 e. The first-order valence-corrected chi connectivity index (χ1v) is 7.03. The number of hydrogen-bond donors (Lipinski definition) is 3. The highest BCUT2D eigenvalue weighted by molar-refractivity contribution is 5.94. The van der Waals surface area contributed by atoms with Crippen LogP contribution in [0, 0.1) is 6.92 Å². The quantitative estimate of drug-likeness (QED) is 0.598. The molecule has 0 aromatic heterocycles. The van der Waals surface area contributed by atoms with Crippen molar-refractivity contribution in [2.24, 2.45) is 10.7 Å². The van der Waals surface area contributed by atoms with Crippen LogP contribution in [0.25, 0.3) is 0 Å². The number of carbonyl (C=O) groups excluding carboxylic acids is 1. The Hall–Kier alpha value is -2.82. The van der Waals surface area contributed by atoms with Crippen LogP contribution in [-0.2, 0) is 6.54 Å². The van der Waals surface area contributed by atoms with Crippen molar-refractivity contribution in [3.8, 4) is 0 Å². The molecular weight excluding hydrogens is 276 g/mol. The number of aryl methyl sites for hydroxylation is 1. The lowest BCUT2D eigenvalue weighted by Crippen LogP contribution is -2.22. The molecular formula is C17H20N4O. The lowest BCUT2D eigenvalue weighted by Gasteiger charge is -2.06. The minimum Gasteiger partial charge on any atom is -0.370 e. The predicted octanol–water partition coefficient (Wildman–Crippen LogP) is 2.28. The zero-order chi connectivity index (χ0) is 15.9. The van der Waals surface area contributed by atoms with E-state index in [0.717, 1.165) is 11.3 Å². The van der Waals surface area contributed by atoms with E-state index in [1.165, 1.54) is 5.56 Å². The lowest BCUT2D eigenvalue weighted by molar-refractivity contribution is 0.0963. The first-order chi connectivity index (χ1) is 10.6. The highest BCUT2D eigenvalue weighted by Crippen LogP contribution is 2.09. The normalized spacial score (nSPS) is 11.1. The molecule has 0 saturated heterocycles. The van der Waals surface area contributed by atoms with Crippen molar-refractivity contribution in [2.75, 3.05) is 12.4 Å². The molecule has 0 bridgehead atoms. The molecule has 2 aromatic carbocycles. The van der Waals surface area contributed by atoms with E-state index in [0.29, 0.717) is 18.1 Å². The third-order valence-electron chi connectivity index (χ3n) is 3.20. The fraction of sp³-hybridized carbons (Fsp3) is 0.176. The largest absolute Gasteiger partial charge is 0.370 e. The van der Waals surface area contributed by atoms with Gasteiger partial charge in [-0.1, -0.05) is 29.8 Å². The first kappa shape index (κ1) is 15.6. The molecule has 5 heteroatoms. The van der Waals surface area contributed by atoms with Crippen molar-refractivity contribution in [2.45, 2.75) is 13.5 Å². The summed E-state index contributed by atoms with van der Waals surface area (Å²) in [5.41, 5.74) is 9.58. The summed E-state index contributed by atoms with van der Waals surface area (Å²) < 4.78 is 0. The number of aliphatic imine (C=N–C) groups is 1. The molecule has 0 saturated carbocycles. The van der Waals surface area contributed by atoms with E-state index in [1.807, 2.05) is 43.3 Å². The Morgan fingerprint density at radius 1 is 1.09 bits per heavy atom. The van der Waals surface area contributed by atoms with E-state index in [-0.39, 0.29) is 5.91 Å². The van der Waals surface area contributed by atoms with Gasteiger partial charge in [-0.3, -0.25) is 4.79 Å². The van der Waals surface area contributed by atoms with Gasteiger partial charge in [-0.25, -0.2) is 4.99 Å². The molecule has 2 rings (SSSR count). The van der Waals surface area contributed by atoms with Crippen LogP contribution in [0.2, 0.25) is 0 Å². The number of amides is 1. The van der Waals surface area contributed by atoms with Crippen LogP contribution in [-0.4, -0.2) is 18.9 Å². The Bertz CT molecular complexity index is 660. The van der Waals surface area contributed by atoms with Crippen LogP contribution >= 0.6 is 0 Å². The molecule has 0 unspecified atom stereocenters. The van der Waals surface area contributed by atoms with Gasteiger partial charge in [0.1, 0.15) is 0 Å². The second-order valence-corrected chi connectivity index (χ2v) is 4.97. The Morgan fingerprint density at radius 3 is 2.32 bits per heavy atom. The fourth-order valence-corrected chi connectivity index (χ4v) is 1.91. The van der Waals surface area contributed by atoms with E-state index in [4.69, 9.17) is 5.73 Å². The van der Waals surface area contributed by atoms with Crippen LogP contribution in [0.4, 0.5) is 5.69 Å². The molecule has 0 heterocycles. The van der Waals surface area contributed by atoms with Gasteiger partial charge in [-0.2, -0.15) is 0 Å². The van der Waals surface area contributed by atoms with E-state index >= 15 is 0 Å². The second-order valence-electron chi connectivity index (χ2n) is 4.97. The SMILES string of the molecule is CNC(=O)c1ccc(CN=C(N)Nc2ccc(C)cc2)cc1. The molecule has 0 spiro atoms. The Balaban J connectivity index is 1.95. The minimum atomic E-state index is -0.101. The third kappa shape index (κ3) is 4.34. The van der Waals surface area contributed by atoms with Gasteiger partial charge in [0.2, 0.25) is 0 Å². The number of benzene rings is 2. The zero-order valence-electron chi connectivity index (χ0n) is 12.8. The maximum Gasteiger partial charge on any atom is 0.251 e. The Morgan fingerprint density at radius 2 is 1.73 bits per heavy atom. The topological polar surface area (TPSA) is 79.5 Å². The molecule has 0 radical (unpaired) electrons. The van der Waals surface area contributed by atoms with Crippen molar-refractivity contribution < 1.29 is 4.79 Å². The molecule has 22 heavy (non-hydrogen) atoms. The Kier molecular flexibility index (Phi) is 5.14. The van der Waals surface area contributed by atoms with Crippen molar-refractivity contribution in [1.82, 2.24) is 5.32 Å². The first-order valence-electron chi connectivity index (χ1n) is 7.03. The van der Waals surface area contributed by atoms with Gasteiger partial charge in [-0.15, -0.1) is 0 Å². The summed E-state index contributed by atoms with van der Waals surface area (Å²) in [4.78, 5) is 15.7. The highest BCUT2D eigenvalue weighted by atomic mass is 16.1. The van der Waals surface area contributed by atoms with Crippen molar-refractivity contribution in [3.63, 3.8) is 0 Å². The van der Waals surface area contributed by atoms with Gasteiger partial charge in [0.05, 0.1) is 6.54 Å². The molecule has 2 aromatic rings. The number of guanidine groups is 1. The number of anilines is 1. The third-order valence-corrected chi connectivity index (χ3v) is 3.20. The number of nitrogens with one attached hydrogen (secondary N) is 2. The fourth-order valence-electron chi connectivity index (χ4n) is 1.91. The van der Waals surface area contributed by atoms with E-state index < -0.39 is 0 Å². The number of nitrogens with two attached hydrogens (primary N) is 1. The van der Waals surface area contributed by atoms with Crippen LogP contribution in [0.1, 0.15) is 21.5 Å². The molecule has 5 nitrogen and oxygen atoms in total. The summed E-state index contributed by atoms with van der Waals surface area (Å²) in [5.74, 6) is 0.259. The van der Waals surface area contributed by atoms with Gasteiger partial charge in [-0.05, 0) is 36.8 Å². The van der Waals surface area contributed by atoms with Crippen LogP contribution in [0.15, 0.2) is 53.5 Å². The summed E-state index contributed by atoms with van der Waals surface area (Å²) in [6, 6.07) is 15.2. The van der Waals surface area contributed by atoms with Gasteiger partial charge < -0.3 is 16.4 Å². The van der Waals surface area contributed by atoms with Crippen molar-refractivity contribution in [3.05, 3.63) is 65.2 Å². The summed E-state index contributed by atoms with van der Waals surface area (Å²) >= 11 is 0. The molecule has 0 aliphatic carbocycles. The molecule has 4 N–H and O–H groups in total. The summed E-state index contributed by atoms with van der Waals surface area (Å²) in [5, 5.41) is 5.63. The molecule has 0 atom stereocenters. The summed E-state index contributed by atoms with van der Waals surface area (Å²) in [6.07, 6.45) is 0. The van der Waals surface area contributed by atoms with Gasteiger partial charge >= 0.3 is 0 Å². The number of hydrogen-bond acceptors (Lipinski definition) is 2. The molecule has 114 valence electrons. The van der Waals surface area contributed by atoms with Crippen LogP contribution < -0.4 is 16.4 Å². The minimum absolute atomic E-state index is 0.101. The highest BCUT2D eigenvalue weighted by Gasteiger charge is 2.02. The second kappa shape index (κ2) is 7.26. The van der Waals surface area contributed by atoms with Gasteiger partial charge in [0, 0.05) is 18.3 Å². The van der Waals surface area contributed by atoms with Crippen molar-refractivity contribution >= 4 is 17.6 Å². The molecule has 0 aliphatic heterocycles. The molecule has 1 amide bonds. The van der Waals surface area contributed by atoms with Gasteiger partial charge in [0.15, 0.2) is 5.96 Å². The summed E-state index contributed by atoms with van der Waals surface area (Å²) in [7, 11) is 1.61. The number of rotatable bonds is 4. The molecule has 0 aliphatic rings. The van der Waals surface area contributed by atoms with E-state index in [2.05, 4.69) is 15.6 Å². The van der Waals surface area contributed by atoms with Crippen LogP contribution in [0.5, 0.6) is 0 Å². The average Bonchev–Trinajstić information content (AvgIpc) is 2.55. The maximum absolute atomic E-state index is 11.4. The van der Waals surface area contributed by atoms with Crippen molar-refractivity contribution in [1.29, 1.82) is 0 Å². The van der Waals surface area contributed by atoms with Gasteiger partial charge in [0.25, 0.3) is 5.91 Å². The zero-order valence-corrected chi connectivity index (χ0v) is 12.8. The average molecular weight is 296 g/mol. The van der Waals surface area contributed by atoms with E-state index in [1.54, 1.807) is 19.2 Å². The van der Waals surface area contributed by atoms with Crippen LogP contribution in [0.3, 0.4) is 0 Å². The van der Waals surface area contributed by atoms with E-state index in [9.17, 15) is 4.79 Å². The number of carbonyl (C=O) groups is 1. The number of nitrogens with zero attached hydrogens (tertiary/aromatic N) is 1. The Labute approximate surface area is 130 Å². The maximum atomic E-state index is 11.4. The monoisotopic (exact) mass is 296 g/mol. The summed E-state index contributed by atoms with van der Waals surface area (Å²) in [6.45, 7) is 2.49. The predicted molar refractivity (Wildman–Crippen MR) is 90.0 cm³/mol.